The zero-order valence-corrected chi connectivity index (χ0v) is 9.04. The minimum Gasteiger partial charge on any atom is -0.371 e. The highest BCUT2D eigenvalue weighted by Gasteiger charge is 2.19. The first-order valence-electron chi connectivity index (χ1n) is 5.46. The molecule has 0 bridgehead atoms. The summed E-state index contributed by atoms with van der Waals surface area (Å²) in [5, 5.41) is 3.41. The minimum atomic E-state index is -0.147. The molecule has 1 N–H and O–H groups in total. The van der Waals surface area contributed by atoms with Crippen molar-refractivity contribution < 1.29 is 4.39 Å². The van der Waals surface area contributed by atoms with E-state index in [4.69, 9.17) is 0 Å². The number of para-hydroxylation sites is 1. The number of nitrogens with zero attached hydrogens (tertiary/aromatic N) is 1. The molecule has 3 heteroatoms. The summed E-state index contributed by atoms with van der Waals surface area (Å²) in [4.78, 5) is 1.95. The van der Waals surface area contributed by atoms with Gasteiger partial charge in [-0.05, 0) is 25.0 Å². The molecule has 2 nitrogen and oxygen atoms in total. The largest absolute Gasteiger partial charge is 0.371 e. The average Bonchev–Trinajstić information content (AvgIpc) is 3.02. The molecule has 0 saturated heterocycles. The fourth-order valence-electron chi connectivity index (χ4n) is 1.61. The van der Waals surface area contributed by atoms with E-state index in [-0.39, 0.29) is 5.82 Å². The molecule has 0 aromatic heterocycles. The summed E-state index contributed by atoms with van der Waals surface area (Å²) >= 11 is 0. The van der Waals surface area contributed by atoms with Gasteiger partial charge in [-0.1, -0.05) is 12.1 Å². The smallest absolute Gasteiger partial charge is 0.146 e. The third-order valence-corrected chi connectivity index (χ3v) is 2.72. The van der Waals surface area contributed by atoms with Crippen LogP contribution in [0.5, 0.6) is 0 Å². The zero-order chi connectivity index (χ0) is 10.7. The lowest BCUT2D eigenvalue weighted by molar-refractivity contribution is 0.616. The van der Waals surface area contributed by atoms with Gasteiger partial charge in [0.25, 0.3) is 0 Å². The summed E-state index contributed by atoms with van der Waals surface area (Å²) in [6.07, 6.45) is 2.59. The van der Waals surface area contributed by atoms with Crippen molar-refractivity contribution in [2.45, 2.75) is 18.9 Å². The van der Waals surface area contributed by atoms with Gasteiger partial charge in [-0.25, -0.2) is 4.39 Å². The number of anilines is 1. The Bertz CT molecular complexity index is 323. The number of likely N-dealkylation sites (N-methyl/N-ethyl adjacent to an activating group) is 1. The Labute approximate surface area is 90.1 Å². The minimum absolute atomic E-state index is 0.147. The van der Waals surface area contributed by atoms with Crippen LogP contribution >= 0.6 is 0 Å². The highest BCUT2D eigenvalue weighted by Crippen LogP contribution is 2.19. The molecule has 1 fully saturated rings. The maximum atomic E-state index is 13.4. The number of nitrogens with one attached hydrogen (secondary N) is 1. The van der Waals surface area contributed by atoms with Crippen LogP contribution in [0.1, 0.15) is 12.8 Å². The topological polar surface area (TPSA) is 15.3 Å². The Morgan fingerprint density at radius 3 is 2.80 bits per heavy atom. The van der Waals surface area contributed by atoms with E-state index in [2.05, 4.69) is 5.32 Å². The summed E-state index contributed by atoms with van der Waals surface area (Å²) in [5.41, 5.74) is 0.676. The second kappa shape index (κ2) is 4.62. The first-order chi connectivity index (χ1) is 7.27. The van der Waals surface area contributed by atoms with Crippen LogP contribution in [0.15, 0.2) is 24.3 Å². The molecule has 0 radical (unpaired) electrons. The number of hydrogen-bond acceptors (Lipinski definition) is 2. The number of halogens is 1. The van der Waals surface area contributed by atoms with Crippen molar-refractivity contribution in [1.82, 2.24) is 5.32 Å². The van der Waals surface area contributed by atoms with Gasteiger partial charge in [0.15, 0.2) is 0 Å². The third kappa shape index (κ3) is 2.93. The number of rotatable bonds is 5. The summed E-state index contributed by atoms with van der Waals surface area (Å²) in [6.45, 7) is 1.77. The summed E-state index contributed by atoms with van der Waals surface area (Å²) in [7, 11) is 1.92. The molecule has 0 unspecified atom stereocenters. The summed E-state index contributed by atoms with van der Waals surface area (Å²) < 4.78 is 13.4. The fourth-order valence-corrected chi connectivity index (χ4v) is 1.61. The van der Waals surface area contributed by atoms with E-state index in [9.17, 15) is 4.39 Å². The van der Waals surface area contributed by atoms with Crippen molar-refractivity contribution in [2.75, 3.05) is 25.0 Å². The van der Waals surface area contributed by atoms with Gasteiger partial charge in [0.1, 0.15) is 5.82 Å². The van der Waals surface area contributed by atoms with Crippen LogP contribution in [0.4, 0.5) is 10.1 Å². The van der Waals surface area contributed by atoms with Gasteiger partial charge >= 0.3 is 0 Å². The van der Waals surface area contributed by atoms with E-state index >= 15 is 0 Å². The molecule has 1 aromatic carbocycles. The van der Waals surface area contributed by atoms with E-state index in [1.807, 2.05) is 24.1 Å². The zero-order valence-electron chi connectivity index (χ0n) is 9.04. The van der Waals surface area contributed by atoms with Gasteiger partial charge in [0, 0.05) is 26.2 Å². The first-order valence-corrected chi connectivity index (χ1v) is 5.46. The fraction of sp³-hybridized carbons (Fsp3) is 0.500. The second-order valence-corrected chi connectivity index (χ2v) is 4.10. The van der Waals surface area contributed by atoms with Crippen LogP contribution in [0.25, 0.3) is 0 Å². The molecule has 15 heavy (non-hydrogen) atoms. The summed E-state index contributed by atoms with van der Waals surface area (Å²) in [6, 6.07) is 7.62. The molecule has 1 aromatic rings. The molecule has 0 spiro atoms. The third-order valence-electron chi connectivity index (χ3n) is 2.72. The molecule has 82 valence electrons. The molecule has 0 amide bonds. The van der Waals surface area contributed by atoms with E-state index in [0.29, 0.717) is 5.69 Å². The van der Waals surface area contributed by atoms with Gasteiger partial charge in [-0.2, -0.15) is 0 Å². The van der Waals surface area contributed by atoms with Gasteiger partial charge in [-0.15, -0.1) is 0 Å². The Morgan fingerprint density at radius 1 is 1.40 bits per heavy atom. The van der Waals surface area contributed by atoms with E-state index in [1.165, 1.54) is 18.9 Å². The highest BCUT2D eigenvalue weighted by molar-refractivity contribution is 5.46. The van der Waals surface area contributed by atoms with Crippen LogP contribution in [0.3, 0.4) is 0 Å². The standard InChI is InChI=1S/C12H17FN2/c1-15(9-8-14-10-6-7-10)12-5-3-2-4-11(12)13/h2-5,10,14H,6-9H2,1H3. The maximum Gasteiger partial charge on any atom is 0.146 e. The maximum absolute atomic E-state index is 13.4. The normalized spacial score (nSPS) is 15.3. The molecule has 0 atom stereocenters. The molecule has 1 aliphatic rings. The van der Waals surface area contributed by atoms with Gasteiger partial charge in [-0.3, -0.25) is 0 Å². The summed E-state index contributed by atoms with van der Waals surface area (Å²) in [5.74, 6) is -0.147. The van der Waals surface area contributed by atoms with Gasteiger partial charge < -0.3 is 10.2 Å². The van der Waals surface area contributed by atoms with Crippen molar-refractivity contribution in [3.05, 3.63) is 30.1 Å². The average molecular weight is 208 g/mol. The van der Waals surface area contributed by atoms with Crippen molar-refractivity contribution in [2.24, 2.45) is 0 Å². The van der Waals surface area contributed by atoms with Crippen molar-refractivity contribution in [1.29, 1.82) is 0 Å². The monoisotopic (exact) mass is 208 g/mol. The molecular formula is C12H17FN2. The molecular weight excluding hydrogens is 191 g/mol. The number of benzene rings is 1. The van der Waals surface area contributed by atoms with Crippen LogP contribution in [0.2, 0.25) is 0 Å². The first kappa shape index (κ1) is 10.4. The lowest BCUT2D eigenvalue weighted by Gasteiger charge is -2.19. The van der Waals surface area contributed by atoms with E-state index < -0.39 is 0 Å². The van der Waals surface area contributed by atoms with E-state index in [0.717, 1.165) is 19.1 Å². The SMILES string of the molecule is CN(CCNC1CC1)c1ccccc1F. The molecule has 2 rings (SSSR count). The van der Waals surface area contributed by atoms with E-state index in [1.54, 1.807) is 6.07 Å². The molecule has 1 aliphatic carbocycles. The molecule has 0 aliphatic heterocycles. The Balaban J connectivity index is 1.83. The van der Waals surface area contributed by atoms with Gasteiger partial charge in [0.05, 0.1) is 5.69 Å². The molecule has 1 saturated carbocycles. The predicted octanol–water partition coefficient (Wildman–Crippen LogP) is 2.01. The molecule has 0 heterocycles. The predicted molar refractivity (Wildman–Crippen MR) is 60.7 cm³/mol. The van der Waals surface area contributed by atoms with Crippen LogP contribution in [0, 0.1) is 5.82 Å². The Hall–Kier alpha value is -1.09. The van der Waals surface area contributed by atoms with Gasteiger partial charge in [0.2, 0.25) is 0 Å². The number of hydrogen-bond donors (Lipinski definition) is 1. The Morgan fingerprint density at radius 2 is 2.13 bits per heavy atom. The lowest BCUT2D eigenvalue weighted by atomic mass is 10.3. The lowest BCUT2D eigenvalue weighted by Crippen LogP contribution is -2.30. The van der Waals surface area contributed by atoms with Crippen molar-refractivity contribution in [3.8, 4) is 0 Å². The quantitative estimate of drug-likeness (QED) is 0.796. The Kier molecular flexibility index (Phi) is 3.21. The van der Waals surface area contributed by atoms with Crippen molar-refractivity contribution in [3.63, 3.8) is 0 Å². The van der Waals surface area contributed by atoms with Crippen LogP contribution in [-0.4, -0.2) is 26.2 Å². The second-order valence-electron chi connectivity index (χ2n) is 4.10. The van der Waals surface area contributed by atoms with Crippen molar-refractivity contribution >= 4 is 5.69 Å². The van der Waals surface area contributed by atoms with Crippen LogP contribution in [-0.2, 0) is 0 Å². The van der Waals surface area contributed by atoms with Crippen LogP contribution < -0.4 is 10.2 Å². The highest BCUT2D eigenvalue weighted by atomic mass is 19.1.